The van der Waals surface area contributed by atoms with Crippen LogP contribution in [0, 0.1) is 0 Å². The number of imide groups is 1. The molecular formula is C21H23ClN6O3. The number of halogens is 1. The number of nitrogens with zero attached hydrogens (tertiary/aromatic N) is 4. The Balaban J connectivity index is 1.46. The number of aryl methyl sites for hydroxylation is 1. The molecule has 2 saturated heterocycles. The number of amides is 4. The van der Waals surface area contributed by atoms with Gasteiger partial charge in [-0.2, -0.15) is 5.01 Å². The minimum absolute atomic E-state index is 0.0411. The first kappa shape index (κ1) is 21.0. The monoisotopic (exact) mass is 442 g/mol. The van der Waals surface area contributed by atoms with Gasteiger partial charge < -0.3 is 10.2 Å². The van der Waals surface area contributed by atoms with E-state index in [-0.39, 0.29) is 10.7 Å². The molecule has 3 heterocycles. The van der Waals surface area contributed by atoms with Gasteiger partial charge in [-0.25, -0.2) is 14.8 Å². The van der Waals surface area contributed by atoms with Crippen molar-refractivity contribution in [2.75, 3.05) is 18.0 Å². The number of hydrogen-bond donors (Lipinski definition) is 2. The summed E-state index contributed by atoms with van der Waals surface area (Å²) in [6, 6.07) is 8.97. The summed E-state index contributed by atoms with van der Waals surface area (Å²) < 4.78 is 0. The highest BCUT2D eigenvalue weighted by molar-refractivity contribution is 6.33. The Bertz CT molecular complexity index is 1010. The van der Waals surface area contributed by atoms with Gasteiger partial charge in [0.05, 0.1) is 11.2 Å². The number of hydrazine groups is 1. The number of nitrogens with one attached hydrogen (secondary N) is 2. The standard InChI is InChI=1S/C21H23ClN6O3/c1-21(10-9-14-7-3-2-4-8-14)18(30)28(20(31)25-21)26-17(29)16-15(22)13-23-19(24-16)27-11-5-6-12-27/h2-4,7-8,13H,5-6,9-12H2,1H3,(H,25,31)(H,26,29)/t21-/m1/s1. The highest BCUT2D eigenvalue weighted by atomic mass is 35.5. The molecule has 162 valence electrons. The molecule has 9 nitrogen and oxygen atoms in total. The van der Waals surface area contributed by atoms with Gasteiger partial charge in [0, 0.05) is 13.1 Å². The third-order valence-corrected chi connectivity index (χ3v) is 5.84. The molecule has 0 bridgehead atoms. The lowest BCUT2D eigenvalue weighted by molar-refractivity contribution is -0.132. The average molecular weight is 443 g/mol. The fourth-order valence-corrected chi connectivity index (χ4v) is 3.91. The molecule has 0 aliphatic carbocycles. The number of carbonyl (C=O) groups excluding carboxylic acids is 3. The fourth-order valence-electron chi connectivity index (χ4n) is 3.74. The lowest BCUT2D eigenvalue weighted by Crippen LogP contribution is -2.49. The summed E-state index contributed by atoms with van der Waals surface area (Å²) in [4.78, 5) is 48.6. The number of anilines is 1. The van der Waals surface area contributed by atoms with Crippen molar-refractivity contribution in [2.45, 2.75) is 38.1 Å². The Morgan fingerprint density at radius 1 is 1.23 bits per heavy atom. The molecule has 2 fully saturated rings. The van der Waals surface area contributed by atoms with E-state index in [0.717, 1.165) is 31.5 Å². The van der Waals surface area contributed by atoms with E-state index in [1.54, 1.807) is 6.92 Å². The quantitative estimate of drug-likeness (QED) is 0.665. The van der Waals surface area contributed by atoms with Gasteiger partial charge in [-0.3, -0.25) is 15.0 Å². The number of aromatic nitrogens is 2. The van der Waals surface area contributed by atoms with Crippen molar-refractivity contribution in [3.63, 3.8) is 0 Å². The number of urea groups is 1. The number of rotatable bonds is 6. The van der Waals surface area contributed by atoms with Crippen LogP contribution in [0.1, 0.15) is 42.2 Å². The number of benzene rings is 1. The second-order valence-electron chi connectivity index (χ2n) is 7.89. The van der Waals surface area contributed by atoms with Gasteiger partial charge in [-0.1, -0.05) is 41.9 Å². The predicted molar refractivity (Wildman–Crippen MR) is 115 cm³/mol. The molecule has 1 aromatic carbocycles. The lowest BCUT2D eigenvalue weighted by Gasteiger charge is -2.21. The first-order valence-electron chi connectivity index (χ1n) is 10.2. The molecule has 2 N–H and O–H groups in total. The molecule has 4 rings (SSSR count). The maximum Gasteiger partial charge on any atom is 0.344 e. The SMILES string of the molecule is C[C@]1(CCc2ccccc2)NC(=O)N(NC(=O)c2nc(N3CCCC3)ncc2Cl)C1=O. The normalized spacial score (nSPS) is 20.8. The molecule has 0 spiro atoms. The largest absolute Gasteiger partial charge is 0.344 e. The Morgan fingerprint density at radius 2 is 1.94 bits per heavy atom. The molecule has 2 aliphatic rings. The summed E-state index contributed by atoms with van der Waals surface area (Å²) in [5.74, 6) is -0.882. The van der Waals surface area contributed by atoms with Gasteiger partial charge in [0.15, 0.2) is 5.69 Å². The third-order valence-electron chi connectivity index (χ3n) is 5.57. The third kappa shape index (κ3) is 4.32. The zero-order chi connectivity index (χ0) is 22.0. The van der Waals surface area contributed by atoms with Crippen LogP contribution in [-0.4, -0.2) is 51.5 Å². The van der Waals surface area contributed by atoms with Crippen LogP contribution in [-0.2, 0) is 11.2 Å². The maximum atomic E-state index is 12.9. The maximum absolute atomic E-state index is 12.9. The molecule has 0 radical (unpaired) electrons. The van der Waals surface area contributed by atoms with Crippen LogP contribution >= 0.6 is 11.6 Å². The minimum atomic E-state index is -1.13. The molecule has 1 atom stereocenters. The van der Waals surface area contributed by atoms with Crippen LogP contribution in [0.5, 0.6) is 0 Å². The lowest BCUT2D eigenvalue weighted by atomic mass is 9.93. The van der Waals surface area contributed by atoms with Crippen molar-refractivity contribution in [3.05, 3.63) is 52.8 Å². The van der Waals surface area contributed by atoms with E-state index >= 15 is 0 Å². The molecule has 0 saturated carbocycles. The van der Waals surface area contributed by atoms with E-state index in [2.05, 4.69) is 20.7 Å². The van der Waals surface area contributed by atoms with Crippen molar-refractivity contribution in [3.8, 4) is 0 Å². The zero-order valence-electron chi connectivity index (χ0n) is 17.1. The van der Waals surface area contributed by atoms with E-state index in [1.165, 1.54) is 6.20 Å². The van der Waals surface area contributed by atoms with Crippen LogP contribution in [0.25, 0.3) is 0 Å². The highest BCUT2D eigenvalue weighted by Crippen LogP contribution is 2.24. The van der Waals surface area contributed by atoms with Crippen LogP contribution in [0.4, 0.5) is 10.7 Å². The summed E-state index contributed by atoms with van der Waals surface area (Å²) in [7, 11) is 0. The van der Waals surface area contributed by atoms with Gasteiger partial charge in [0.1, 0.15) is 5.54 Å². The second-order valence-corrected chi connectivity index (χ2v) is 8.30. The van der Waals surface area contributed by atoms with E-state index in [9.17, 15) is 14.4 Å². The van der Waals surface area contributed by atoms with E-state index in [4.69, 9.17) is 11.6 Å². The van der Waals surface area contributed by atoms with Crippen LogP contribution in [0.3, 0.4) is 0 Å². The zero-order valence-corrected chi connectivity index (χ0v) is 17.9. The molecule has 2 aromatic rings. The Hall–Kier alpha value is -3.20. The summed E-state index contributed by atoms with van der Waals surface area (Å²) in [5, 5.41) is 3.41. The fraction of sp³-hybridized carbons (Fsp3) is 0.381. The molecule has 1 aromatic heterocycles. The smallest absolute Gasteiger partial charge is 0.341 e. The van der Waals surface area contributed by atoms with Gasteiger partial charge in [0.2, 0.25) is 5.95 Å². The van der Waals surface area contributed by atoms with Gasteiger partial charge in [-0.15, -0.1) is 0 Å². The summed E-state index contributed by atoms with van der Waals surface area (Å²) >= 11 is 6.12. The molecule has 2 aliphatic heterocycles. The highest BCUT2D eigenvalue weighted by Gasteiger charge is 2.48. The van der Waals surface area contributed by atoms with Crippen LogP contribution in [0.2, 0.25) is 5.02 Å². The summed E-state index contributed by atoms with van der Waals surface area (Å²) in [6.45, 7) is 3.25. The van der Waals surface area contributed by atoms with Crippen molar-refractivity contribution in [1.82, 2.24) is 25.7 Å². The number of carbonyl (C=O) groups is 3. The van der Waals surface area contributed by atoms with E-state index in [0.29, 0.717) is 23.8 Å². The topological polar surface area (TPSA) is 108 Å². The Morgan fingerprint density at radius 3 is 2.65 bits per heavy atom. The minimum Gasteiger partial charge on any atom is -0.341 e. The van der Waals surface area contributed by atoms with Gasteiger partial charge >= 0.3 is 6.03 Å². The van der Waals surface area contributed by atoms with E-state index < -0.39 is 23.4 Å². The Labute approximate surface area is 184 Å². The first-order chi connectivity index (χ1) is 14.9. The van der Waals surface area contributed by atoms with Crippen molar-refractivity contribution in [1.29, 1.82) is 0 Å². The summed E-state index contributed by atoms with van der Waals surface area (Å²) in [5.41, 5.74) is 2.18. The number of hydrogen-bond acceptors (Lipinski definition) is 6. The Kier molecular flexibility index (Phi) is 5.77. The molecule has 0 unspecified atom stereocenters. The van der Waals surface area contributed by atoms with Gasteiger partial charge in [-0.05, 0) is 38.2 Å². The van der Waals surface area contributed by atoms with Crippen molar-refractivity contribution < 1.29 is 14.4 Å². The molecular weight excluding hydrogens is 420 g/mol. The van der Waals surface area contributed by atoms with Gasteiger partial charge in [0.25, 0.3) is 11.8 Å². The van der Waals surface area contributed by atoms with Crippen LogP contribution < -0.4 is 15.6 Å². The van der Waals surface area contributed by atoms with Crippen LogP contribution in [0.15, 0.2) is 36.5 Å². The summed E-state index contributed by atoms with van der Waals surface area (Å²) in [6.07, 6.45) is 4.39. The molecule has 10 heteroatoms. The predicted octanol–water partition coefficient (Wildman–Crippen LogP) is 2.32. The first-order valence-corrected chi connectivity index (χ1v) is 10.5. The van der Waals surface area contributed by atoms with Crippen molar-refractivity contribution >= 4 is 35.4 Å². The van der Waals surface area contributed by atoms with E-state index in [1.807, 2.05) is 35.2 Å². The second kappa shape index (κ2) is 8.50. The van der Waals surface area contributed by atoms with Crippen molar-refractivity contribution in [2.24, 2.45) is 0 Å². The molecule has 31 heavy (non-hydrogen) atoms. The molecule has 4 amide bonds. The average Bonchev–Trinajstić information content (AvgIpc) is 3.37.